The van der Waals surface area contributed by atoms with Crippen molar-refractivity contribution >= 4 is 11.6 Å². The van der Waals surface area contributed by atoms with Crippen molar-refractivity contribution in [3.05, 3.63) is 102 Å². The van der Waals surface area contributed by atoms with Crippen LogP contribution < -0.4 is 0 Å². The molecule has 1 heteroatoms. The molecule has 0 radical (unpaired) electrons. The Hall–Kier alpha value is -2.93. The third kappa shape index (κ3) is 2.17. The van der Waals surface area contributed by atoms with Crippen LogP contribution in [0.1, 0.15) is 16.7 Å². The number of pyridine rings is 1. The van der Waals surface area contributed by atoms with Crippen molar-refractivity contribution in [3.63, 3.8) is 0 Å². The van der Waals surface area contributed by atoms with Gasteiger partial charge >= 0.3 is 0 Å². The molecule has 0 unspecified atom stereocenters. The molecule has 0 fully saturated rings. The predicted octanol–water partition coefficient (Wildman–Crippen LogP) is 5.21. The highest BCUT2D eigenvalue weighted by atomic mass is 14.7. The molecular formula is C21H15N. The van der Waals surface area contributed by atoms with Gasteiger partial charge in [-0.2, -0.15) is 0 Å². The van der Waals surface area contributed by atoms with E-state index in [1.807, 2.05) is 18.3 Å². The van der Waals surface area contributed by atoms with E-state index in [1.54, 1.807) is 0 Å². The Morgan fingerprint density at radius 3 is 2.27 bits per heavy atom. The van der Waals surface area contributed by atoms with Crippen LogP contribution in [0.3, 0.4) is 0 Å². The van der Waals surface area contributed by atoms with Crippen LogP contribution in [0.4, 0.5) is 0 Å². The van der Waals surface area contributed by atoms with E-state index in [2.05, 4.69) is 77.8 Å². The van der Waals surface area contributed by atoms with Crippen molar-refractivity contribution < 1.29 is 0 Å². The first-order valence-corrected chi connectivity index (χ1v) is 7.42. The molecule has 0 bridgehead atoms. The molecule has 0 saturated carbocycles. The first kappa shape index (κ1) is 12.8. The van der Waals surface area contributed by atoms with Crippen molar-refractivity contribution in [2.45, 2.75) is 0 Å². The molecule has 0 aliphatic heterocycles. The Labute approximate surface area is 130 Å². The third-order valence-corrected chi connectivity index (χ3v) is 3.92. The summed E-state index contributed by atoms with van der Waals surface area (Å²) < 4.78 is 0. The summed E-state index contributed by atoms with van der Waals surface area (Å²) in [5, 5.41) is 0. The van der Waals surface area contributed by atoms with E-state index < -0.39 is 0 Å². The summed E-state index contributed by atoms with van der Waals surface area (Å²) in [4.78, 5) is 4.55. The zero-order valence-corrected chi connectivity index (χ0v) is 12.1. The largest absolute Gasteiger partial charge is 0.256 e. The van der Waals surface area contributed by atoms with Crippen LogP contribution >= 0.6 is 0 Å². The molecule has 2 aromatic carbocycles. The van der Waals surface area contributed by atoms with E-state index >= 15 is 0 Å². The van der Waals surface area contributed by atoms with Crippen molar-refractivity contribution in [2.75, 3.05) is 0 Å². The van der Waals surface area contributed by atoms with Gasteiger partial charge in [-0.05, 0) is 22.8 Å². The van der Waals surface area contributed by atoms with Crippen molar-refractivity contribution in [2.24, 2.45) is 0 Å². The Balaban J connectivity index is 1.78. The maximum Gasteiger partial charge on any atom is 0.0786 e. The minimum Gasteiger partial charge on any atom is -0.256 e. The molecule has 4 rings (SSSR count). The molecule has 0 spiro atoms. The van der Waals surface area contributed by atoms with Crippen molar-refractivity contribution in [3.8, 4) is 11.3 Å². The smallest absolute Gasteiger partial charge is 0.0786 e. The summed E-state index contributed by atoms with van der Waals surface area (Å²) in [7, 11) is 0. The summed E-state index contributed by atoms with van der Waals surface area (Å²) in [6.45, 7) is 0. The molecule has 1 aliphatic rings. The molecule has 1 aromatic heterocycles. The predicted molar refractivity (Wildman–Crippen MR) is 92.2 cm³/mol. The highest BCUT2D eigenvalue weighted by molar-refractivity contribution is 6.00. The quantitative estimate of drug-likeness (QED) is 0.491. The summed E-state index contributed by atoms with van der Waals surface area (Å²) in [6.07, 6.45) is 8.28. The van der Waals surface area contributed by atoms with Crippen LogP contribution in [-0.2, 0) is 0 Å². The molecule has 3 aromatic rings. The third-order valence-electron chi connectivity index (χ3n) is 3.92. The Bertz CT molecular complexity index is 826. The van der Waals surface area contributed by atoms with Gasteiger partial charge in [0.2, 0.25) is 0 Å². The van der Waals surface area contributed by atoms with E-state index in [4.69, 9.17) is 0 Å². The molecule has 0 saturated heterocycles. The number of rotatable bonds is 2. The fourth-order valence-electron chi connectivity index (χ4n) is 2.91. The number of hydrogen-bond donors (Lipinski definition) is 0. The molecule has 1 heterocycles. The topological polar surface area (TPSA) is 12.9 Å². The lowest BCUT2D eigenvalue weighted by atomic mass is 10.0. The van der Waals surface area contributed by atoms with Gasteiger partial charge in [0.1, 0.15) is 0 Å². The van der Waals surface area contributed by atoms with Gasteiger partial charge in [0.15, 0.2) is 0 Å². The SMILES string of the molecule is C(=Cc1ccccc1)C=C1c2ccccc2-c2ncccc21. The van der Waals surface area contributed by atoms with Crippen LogP contribution in [0.25, 0.3) is 22.9 Å². The van der Waals surface area contributed by atoms with E-state index in [0.717, 1.165) is 5.69 Å². The minimum atomic E-state index is 1.08. The summed E-state index contributed by atoms with van der Waals surface area (Å²) >= 11 is 0. The van der Waals surface area contributed by atoms with Gasteiger partial charge in [0, 0.05) is 17.3 Å². The maximum atomic E-state index is 4.55. The number of hydrogen-bond acceptors (Lipinski definition) is 1. The zero-order chi connectivity index (χ0) is 14.8. The second-order valence-electron chi connectivity index (χ2n) is 5.30. The van der Waals surface area contributed by atoms with Gasteiger partial charge in [-0.15, -0.1) is 0 Å². The fourth-order valence-corrected chi connectivity index (χ4v) is 2.91. The Morgan fingerprint density at radius 1 is 0.682 bits per heavy atom. The fraction of sp³-hybridized carbons (Fsp3) is 0. The van der Waals surface area contributed by atoms with E-state index in [-0.39, 0.29) is 0 Å². The molecule has 0 amide bonds. The van der Waals surface area contributed by atoms with Crippen LogP contribution in [0, 0.1) is 0 Å². The number of allylic oxidation sites excluding steroid dienone is 2. The standard InChI is InChI=1S/C21H15N/c1-2-8-16(9-3-1)10-6-13-18-17-11-4-5-12-19(17)21-20(18)14-7-15-22-21/h1-15H. The Kier molecular flexibility index (Phi) is 3.17. The summed E-state index contributed by atoms with van der Waals surface area (Å²) in [6, 6.07) is 22.9. The minimum absolute atomic E-state index is 1.08. The molecular weight excluding hydrogens is 266 g/mol. The summed E-state index contributed by atoms with van der Waals surface area (Å²) in [5.41, 5.74) is 7.22. The number of aromatic nitrogens is 1. The van der Waals surface area contributed by atoms with Crippen LogP contribution in [0.2, 0.25) is 0 Å². The highest BCUT2D eigenvalue weighted by Gasteiger charge is 2.22. The molecule has 0 atom stereocenters. The van der Waals surface area contributed by atoms with Crippen LogP contribution in [0.5, 0.6) is 0 Å². The number of fused-ring (bicyclic) bond motifs is 3. The first-order valence-electron chi connectivity index (χ1n) is 7.42. The van der Waals surface area contributed by atoms with Crippen LogP contribution in [0.15, 0.2) is 85.1 Å². The molecule has 104 valence electrons. The monoisotopic (exact) mass is 281 g/mol. The second-order valence-corrected chi connectivity index (χ2v) is 5.30. The molecule has 1 aliphatic carbocycles. The van der Waals surface area contributed by atoms with Gasteiger partial charge in [0.05, 0.1) is 5.69 Å². The van der Waals surface area contributed by atoms with Gasteiger partial charge < -0.3 is 0 Å². The zero-order valence-electron chi connectivity index (χ0n) is 12.1. The van der Waals surface area contributed by atoms with E-state index in [0.29, 0.717) is 0 Å². The first-order chi connectivity index (χ1) is 10.9. The second kappa shape index (κ2) is 5.45. The molecule has 1 nitrogen and oxygen atoms in total. The van der Waals surface area contributed by atoms with Gasteiger partial charge in [0.25, 0.3) is 0 Å². The van der Waals surface area contributed by atoms with Gasteiger partial charge in [-0.1, -0.05) is 78.9 Å². The lowest BCUT2D eigenvalue weighted by Gasteiger charge is -2.00. The van der Waals surface area contributed by atoms with Crippen LogP contribution in [-0.4, -0.2) is 4.98 Å². The number of nitrogens with zero attached hydrogens (tertiary/aromatic N) is 1. The van der Waals surface area contributed by atoms with Crippen molar-refractivity contribution in [1.82, 2.24) is 4.98 Å². The highest BCUT2D eigenvalue weighted by Crippen LogP contribution is 2.42. The summed E-state index contributed by atoms with van der Waals surface area (Å²) in [5.74, 6) is 0. The lowest BCUT2D eigenvalue weighted by Crippen LogP contribution is -1.81. The molecule has 0 N–H and O–H groups in total. The number of benzene rings is 2. The van der Waals surface area contributed by atoms with E-state index in [9.17, 15) is 0 Å². The lowest BCUT2D eigenvalue weighted by molar-refractivity contribution is 1.33. The van der Waals surface area contributed by atoms with E-state index in [1.165, 1.54) is 27.8 Å². The van der Waals surface area contributed by atoms with Gasteiger partial charge in [-0.3, -0.25) is 4.98 Å². The van der Waals surface area contributed by atoms with Gasteiger partial charge in [-0.25, -0.2) is 0 Å². The molecule has 22 heavy (non-hydrogen) atoms. The van der Waals surface area contributed by atoms with Crippen molar-refractivity contribution in [1.29, 1.82) is 0 Å². The Morgan fingerprint density at radius 2 is 1.41 bits per heavy atom. The normalized spacial score (nSPS) is 14.3. The average Bonchev–Trinajstić information content (AvgIpc) is 2.91. The maximum absolute atomic E-state index is 4.55. The average molecular weight is 281 g/mol.